The third-order valence-corrected chi connectivity index (χ3v) is 7.72. The molecule has 2 bridgehead atoms. The summed E-state index contributed by atoms with van der Waals surface area (Å²) in [6.07, 6.45) is 3.72. The zero-order valence-electron chi connectivity index (χ0n) is 14.3. The first kappa shape index (κ1) is 16.3. The second-order valence-electron chi connectivity index (χ2n) is 7.71. The molecule has 2 fully saturated rings. The van der Waals surface area contributed by atoms with Gasteiger partial charge in [0.2, 0.25) is 5.13 Å². The SMILES string of the molecule is CC1(C)[C@H]2CC[C@]1(C)/C(=N\Nc1nc(-c3ccc(Br)cc3)cs1)C2. The topological polar surface area (TPSA) is 37.3 Å². The number of hydrazone groups is 1. The predicted octanol–water partition coefficient (Wildman–Crippen LogP) is 6.19. The van der Waals surface area contributed by atoms with Crippen LogP contribution in [0.1, 0.15) is 40.0 Å². The summed E-state index contributed by atoms with van der Waals surface area (Å²) in [5, 5.41) is 7.72. The Hall–Kier alpha value is -1.20. The van der Waals surface area contributed by atoms with Crippen molar-refractivity contribution in [1.29, 1.82) is 0 Å². The van der Waals surface area contributed by atoms with Gasteiger partial charge in [-0.15, -0.1) is 11.3 Å². The first-order valence-electron chi connectivity index (χ1n) is 8.45. The highest BCUT2D eigenvalue weighted by Crippen LogP contribution is 2.63. The zero-order chi connectivity index (χ0) is 16.9. The second-order valence-corrected chi connectivity index (χ2v) is 9.48. The van der Waals surface area contributed by atoms with E-state index in [2.05, 4.69) is 64.6 Å². The van der Waals surface area contributed by atoms with Crippen molar-refractivity contribution in [3.05, 3.63) is 34.1 Å². The van der Waals surface area contributed by atoms with Crippen molar-refractivity contribution in [3.63, 3.8) is 0 Å². The van der Waals surface area contributed by atoms with Crippen LogP contribution in [0.5, 0.6) is 0 Å². The standard InChI is InChI=1S/C19H22BrN3S/c1-18(2)13-8-9-19(18,3)16(10-13)22-23-17-21-15(11-24-17)12-4-6-14(20)7-5-12/h4-7,11,13H,8-10H2,1-3H3,(H,21,23)/b22-16-/t13-,19+/m0/s1. The van der Waals surface area contributed by atoms with E-state index in [4.69, 9.17) is 5.10 Å². The lowest BCUT2D eigenvalue weighted by Gasteiger charge is -2.34. The van der Waals surface area contributed by atoms with Crippen LogP contribution in [0.2, 0.25) is 0 Å². The van der Waals surface area contributed by atoms with Crippen LogP contribution in [-0.4, -0.2) is 10.7 Å². The van der Waals surface area contributed by atoms with Gasteiger partial charge in [-0.3, -0.25) is 5.43 Å². The molecule has 2 aliphatic rings. The molecule has 1 aromatic heterocycles. The molecule has 2 atom stereocenters. The van der Waals surface area contributed by atoms with Crippen LogP contribution in [0.4, 0.5) is 5.13 Å². The van der Waals surface area contributed by atoms with E-state index in [1.165, 1.54) is 18.6 Å². The van der Waals surface area contributed by atoms with Gasteiger partial charge < -0.3 is 0 Å². The van der Waals surface area contributed by atoms with Crippen LogP contribution in [0, 0.1) is 16.7 Å². The lowest BCUT2D eigenvalue weighted by molar-refractivity contribution is 0.194. The molecule has 3 nitrogen and oxygen atoms in total. The monoisotopic (exact) mass is 403 g/mol. The molecule has 1 N–H and O–H groups in total. The third kappa shape index (κ3) is 2.44. The number of hydrogen-bond donors (Lipinski definition) is 1. The molecule has 0 saturated heterocycles. The second kappa shape index (κ2) is 5.67. The van der Waals surface area contributed by atoms with E-state index in [-0.39, 0.29) is 5.41 Å². The van der Waals surface area contributed by atoms with Crippen molar-refractivity contribution in [3.8, 4) is 11.3 Å². The fourth-order valence-corrected chi connectivity index (χ4v) is 5.22. The third-order valence-electron chi connectivity index (χ3n) is 6.44. The molecule has 0 radical (unpaired) electrons. The van der Waals surface area contributed by atoms with Crippen molar-refractivity contribution in [1.82, 2.24) is 4.98 Å². The molecule has 0 spiro atoms. The minimum absolute atomic E-state index is 0.233. The maximum atomic E-state index is 4.77. The molecule has 1 aromatic carbocycles. The molecule has 2 aromatic rings. The number of rotatable bonds is 3. The van der Waals surface area contributed by atoms with Crippen molar-refractivity contribution < 1.29 is 0 Å². The van der Waals surface area contributed by atoms with Crippen LogP contribution >= 0.6 is 27.3 Å². The molecule has 0 amide bonds. The Labute approximate surface area is 155 Å². The van der Waals surface area contributed by atoms with E-state index < -0.39 is 0 Å². The Morgan fingerprint density at radius 1 is 1.25 bits per heavy atom. The van der Waals surface area contributed by atoms with Crippen LogP contribution in [0.15, 0.2) is 39.2 Å². The lowest BCUT2D eigenvalue weighted by atomic mass is 9.70. The van der Waals surface area contributed by atoms with Gasteiger partial charge in [-0.25, -0.2) is 4.98 Å². The number of anilines is 1. The Morgan fingerprint density at radius 2 is 2.00 bits per heavy atom. The number of halogens is 1. The summed E-state index contributed by atoms with van der Waals surface area (Å²) in [6.45, 7) is 7.19. The highest BCUT2D eigenvalue weighted by Gasteiger charge is 2.59. The van der Waals surface area contributed by atoms with E-state index in [9.17, 15) is 0 Å². The maximum Gasteiger partial charge on any atom is 0.203 e. The van der Waals surface area contributed by atoms with Crippen LogP contribution < -0.4 is 5.43 Å². The summed E-state index contributed by atoms with van der Waals surface area (Å²) in [7, 11) is 0. The Morgan fingerprint density at radius 3 is 2.62 bits per heavy atom. The molecular formula is C19H22BrN3S. The zero-order valence-corrected chi connectivity index (χ0v) is 16.7. The van der Waals surface area contributed by atoms with Gasteiger partial charge in [0.15, 0.2) is 0 Å². The fraction of sp³-hybridized carbons (Fsp3) is 0.474. The number of nitrogens with one attached hydrogen (secondary N) is 1. The molecule has 5 heteroatoms. The highest BCUT2D eigenvalue weighted by atomic mass is 79.9. The van der Waals surface area contributed by atoms with E-state index in [0.717, 1.165) is 33.2 Å². The number of benzene rings is 1. The number of nitrogens with zero attached hydrogens (tertiary/aromatic N) is 2. The van der Waals surface area contributed by atoms with Crippen molar-refractivity contribution in [2.24, 2.45) is 21.8 Å². The molecule has 0 unspecified atom stereocenters. The van der Waals surface area contributed by atoms with E-state index >= 15 is 0 Å². The van der Waals surface area contributed by atoms with E-state index in [0.29, 0.717) is 5.41 Å². The van der Waals surface area contributed by atoms with Gasteiger partial charge in [-0.2, -0.15) is 5.10 Å². The molecule has 1 heterocycles. The summed E-state index contributed by atoms with van der Waals surface area (Å²) in [5.74, 6) is 0.776. The Balaban J connectivity index is 1.52. The van der Waals surface area contributed by atoms with Crippen molar-refractivity contribution in [2.45, 2.75) is 40.0 Å². The van der Waals surface area contributed by atoms with Gasteiger partial charge in [-0.05, 0) is 42.7 Å². The van der Waals surface area contributed by atoms with Gasteiger partial charge in [0.05, 0.1) is 5.69 Å². The first-order chi connectivity index (χ1) is 11.4. The normalized spacial score (nSPS) is 29.3. The number of hydrogen-bond acceptors (Lipinski definition) is 4. The van der Waals surface area contributed by atoms with Crippen molar-refractivity contribution >= 4 is 38.1 Å². The van der Waals surface area contributed by atoms with Crippen LogP contribution in [0.25, 0.3) is 11.3 Å². The summed E-state index contributed by atoms with van der Waals surface area (Å²) >= 11 is 5.08. The summed E-state index contributed by atoms with van der Waals surface area (Å²) in [4.78, 5) is 4.68. The average Bonchev–Trinajstić information content (AvgIpc) is 3.16. The van der Waals surface area contributed by atoms with Gasteiger partial charge in [-0.1, -0.05) is 48.8 Å². The summed E-state index contributed by atoms with van der Waals surface area (Å²) < 4.78 is 1.08. The van der Waals surface area contributed by atoms with Gasteiger partial charge >= 0.3 is 0 Å². The Kier molecular flexibility index (Phi) is 3.84. The van der Waals surface area contributed by atoms with E-state index in [1.54, 1.807) is 11.3 Å². The smallest absolute Gasteiger partial charge is 0.203 e. The maximum absolute atomic E-state index is 4.77. The predicted molar refractivity (Wildman–Crippen MR) is 106 cm³/mol. The minimum Gasteiger partial charge on any atom is -0.253 e. The molecular weight excluding hydrogens is 382 g/mol. The summed E-state index contributed by atoms with van der Waals surface area (Å²) in [5.41, 5.74) is 7.26. The van der Waals surface area contributed by atoms with Gasteiger partial charge in [0.25, 0.3) is 0 Å². The van der Waals surface area contributed by atoms with Gasteiger partial charge in [0.1, 0.15) is 0 Å². The quantitative estimate of drug-likeness (QED) is 0.620. The van der Waals surface area contributed by atoms with E-state index in [1.807, 2.05) is 12.1 Å². The molecule has 2 saturated carbocycles. The lowest BCUT2D eigenvalue weighted by Crippen LogP contribution is -2.32. The Bertz CT molecular complexity index is 793. The van der Waals surface area contributed by atoms with Crippen LogP contribution in [0.3, 0.4) is 0 Å². The first-order valence-corrected chi connectivity index (χ1v) is 10.1. The molecule has 2 aliphatic carbocycles. The van der Waals surface area contributed by atoms with Crippen molar-refractivity contribution in [2.75, 3.05) is 5.43 Å². The molecule has 126 valence electrons. The minimum atomic E-state index is 0.233. The number of aromatic nitrogens is 1. The number of thiazole rings is 1. The summed E-state index contributed by atoms with van der Waals surface area (Å²) in [6, 6.07) is 8.24. The van der Waals surface area contributed by atoms with Gasteiger partial charge in [0, 0.05) is 26.5 Å². The molecule has 4 rings (SSSR count). The fourth-order valence-electron chi connectivity index (χ4n) is 4.29. The average molecular weight is 404 g/mol. The highest BCUT2D eigenvalue weighted by molar-refractivity contribution is 9.10. The molecule has 0 aliphatic heterocycles. The molecule has 24 heavy (non-hydrogen) atoms. The largest absolute Gasteiger partial charge is 0.253 e. The van der Waals surface area contributed by atoms with Crippen LogP contribution in [-0.2, 0) is 0 Å². The number of fused-ring (bicyclic) bond motifs is 2.